The van der Waals surface area contributed by atoms with Gasteiger partial charge in [0.25, 0.3) is 0 Å². The van der Waals surface area contributed by atoms with Gasteiger partial charge in [-0.2, -0.15) is 11.8 Å². The van der Waals surface area contributed by atoms with Crippen molar-refractivity contribution < 1.29 is 14.7 Å². The van der Waals surface area contributed by atoms with Crippen molar-refractivity contribution in [2.45, 2.75) is 12.5 Å². The first-order valence-corrected chi connectivity index (χ1v) is 7.64. The molecule has 0 spiro atoms. The van der Waals surface area contributed by atoms with E-state index in [0.717, 1.165) is 17.9 Å². The van der Waals surface area contributed by atoms with Gasteiger partial charge >= 0.3 is 12.0 Å². The summed E-state index contributed by atoms with van der Waals surface area (Å²) in [7, 11) is 1.75. The summed E-state index contributed by atoms with van der Waals surface area (Å²) in [5.41, 5.74) is 0.609. The maximum atomic E-state index is 12.5. The molecule has 1 fully saturated rings. The number of carboxylic acids is 1. The van der Waals surface area contributed by atoms with E-state index in [1.54, 1.807) is 36.2 Å². The lowest BCUT2D eigenvalue weighted by atomic mass is 10.2. The number of hydrogen-bond acceptors (Lipinski definition) is 3. The Morgan fingerprint density at radius 2 is 2.05 bits per heavy atom. The molecule has 1 aliphatic rings. The van der Waals surface area contributed by atoms with Gasteiger partial charge < -0.3 is 10.0 Å². The average Bonchev–Trinajstić information content (AvgIpc) is 2.98. The van der Waals surface area contributed by atoms with Crippen LogP contribution in [0.25, 0.3) is 0 Å². The van der Waals surface area contributed by atoms with E-state index in [1.807, 2.05) is 17.8 Å². The lowest BCUT2D eigenvalue weighted by Gasteiger charge is -2.30. The fourth-order valence-corrected chi connectivity index (χ4v) is 3.45. The molecule has 0 saturated carbocycles. The van der Waals surface area contributed by atoms with E-state index in [0.29, 0.717) is 5.69 Å². The Kier molecular flexibility index (Phi) is 4.89. The maximum absolute atomic E-state index is 12.5. The lowest BCUT2D eigenvalue weighted by molar-refractivity contribution is -0.135. The molecule has 1 saturated heterocycles. The van der Waals surface area contributed by atoms with Crippen LogP contribution in [0.2, 0.25) is 0 Å². The highest BCUT2D eigenvalue weighted by molar-refractivity contribution is 7.99. The normalized spacial score (nSPS) is 17.8. The number of nitrogens with zero attached hydrogens (tertiary/aromatic N) is 2. The van der Waals surface area contributed by atoms with Crippen molar-refractivity contribution in [1.29, 1.82) is 0 Å². The molecule has 1 aromatic rings. The van der Waals surface area contributed by atoms with Crippen molar-refractivity contribution in [3.8, 4) is 0 Å². The molecule has 2 rings (SSSR count). The Labute approximate surface area is 122 Å². The molecule has 1 aromatic carbocycles. The highest BCUT2D eigenvalue weighted by atomic mass is 32.2. The Morgan fingerprint density at radius 1 is 1.35 bits per heavy atom. The molecule has 2 amide bonds. The Morgan fingerprint density at radius 3 is 2.60 bits per heavy atom. The fourth-order valence-electron chi connectivity index (χ4n) is 2.19. The van der Waals surface area contributed by atoms with E-state index in [9.17, 15) is 9.59 Å². The molecule has 1 heterocycles. The number of aliphatic carboxylic acids is 1. The second-order valence-corrected chi connectivity index (χ2v) is 5.88. The van der Waals surface area contributed by atoms with E-state index < -0.39 is 5.97 Å². The predicted molar refractivity (Wildman–Crippen MR) is 80.3 cm³/mol. The van der Waals surface area contributed by atoms with Crippen LogP contribution >= 0.6 is 11.8 Å². The number of amides is 2. The van der Waals surface area contributed by atoms with Gasteiger partial charge in [-0.15, -0.1) is 0 Å². The van der Waals surface area contributed by atoms with Crippen molar-refractivity contribution in [2.24, 2.45) is 0 Å². The molecule has 0 aromatic heterocycles. The summed E-state index contributed by atoms with van der Waals surface area (Å²) in [5.74, 6) is 0.946. The van der Waals surface area contributed by atoms with Gasteiger partial charge in [0.2, 0.25) is 0 Å². The van der Waals surface area contributed by atoms with Gasteiger partial charge in [-0.1, -0.05) is 18.2 Å². The van der Waals surface area contributed by atoms with Crippen LogP contribution in [-0.2, 0) is 4.79 Å². The Balaban J connectivity index is 2.17. The summed E-state index contributed by atoms with van der Waals surface area (Å²) in [6.07, 6.45) is 0.961. The van der Waals surface area contributed by atoms with Crippen LogP contribution in [0.3, 0.4) is 0 Å². The number of thioether (sulfide) groups is 1. The molecule has 0 radical (unpaired) electrons. The molecule has 20 heavy (non-hydrogen) atoms. The van der Waals surface area contributed by atoms with Crippen LogP contribution < -0.4 is 4.90 Å². The smallest absolute Gasteiger partial charge is 0.325 e. The van der Waals surface area contributed by atoms with E-state index in [4.69, 9.17) is 5.11 Å². The largest absolute Gasteiger partial charge is 0.480 e. The highest BCUT2D eigenvalue weighted by Crippen LogP contribution is 2.23. The van der Waals surface area contributed by atoms with Crippen LogP contribution in [0.5, 0.6) is 0 Å². The molecule has 108 valence electrons. The van der Waals surface area contributed by atoms with Gasteiger partial charge in [0.05, 0.1) is 0 Å². The molecule has 6 heteroatoms. The molecule has 5 nitrogen and oxygen atoms in total. The van der Waals surface area contributed by atoms with Gasteiger partial charge in [-0.3, -0.25) is 9.69 Å². The molecule has 1 unspecified atom stereocenters. The quantitative estimate of drug-likeness (QED) is 0.924. The molecule has 1 N–H and O–H groups in total. The third kappa shape index (κ3) is 3.45. The van der Waals surface area contributed by atoms with Crippen molar-refractivity contribution in [2.75, 3.05) is 30.0 Å². The van der Waals surface area contributed by atoms with Crippen LogP contribution in [0.4, 0.5) is 10.5 Å². The van der Waals surface area contributed by atoms with E-state index in [2.05, 4.69) is 0 Å². The molecule has 1 atom stereocenters. The first kappa shape index (κ1) is 14.7. The third-order valence-corrected chi connectivity index (χ3v) is 4.49. The predicted octanol–water partition coefficient (Wildman–Crippen LogP) is 2.13. The molecular formula is C14H18N2O3S. The van der Waals surface area contributed by atoms with Crippen molar-refractivity contribution in [3.63, 3.8) is 0 Å². The standard InChI is InChI=1S/C14H18N2O3S/c1-15(12-7-8-20-10-12)14(19)16(9-13(17)18)11-5-3-2-4-6-11/h2-6,12H,7-10H2,1H3,(H,17,18). The molecule has 1 aliphatic heterocycles. The Hall–Kier alpha value is -1.69. The molecular weight excluding hydrogens is 276 g/mol. The van der Waals surface area contributed by atoms with Crippen molar-refractivity contribution >= 4 is 29.4 Å². The number of rotatable bonds is 4. The lowest BCUT2D eigenvalue weighted by Crippen LogP contribution is -2.48. The Bertz CT molecular complexity index is 475. The number of urea groups is 1. The zero-order valence-corrected chi connectivity index (χ0v) is 12.2. The van der Waals surface area contributed by atoms with Crippen LogP contribution in [0.1, 0.15) is 6.42 Å². The zero-order valence-electron chi connectivity index (χ0n) is 11.4. The monoisotopic (exact) mass is 294 g/mol. The zero-order chi connectivity index (χ0) is 14.5. The second-order valence-electron chi connectivity index (χ2n) is 4.73. The van der Waals surface area contributed by atoms with Gasteiger partial charge in [0, 0.05) is 24.5 Å². The van der Waals surface area contributed by atoms with E-state index >= 15 is 0 Å². The minimum Gasteiger partial charge on any atom is -0.480 e. The van der Waals surface area contributed by atoms with Gasteiger partial charge in [-0.25, -0.2) is 4.79 Å². The summed E-state index contributed by atoms with van der Waals surface area (Å²) in [5, 5.41) is 9.02. The number of anilines is 1. The number of benzene rings is 1. The topological polar surface area (TPSA) is 60.9 Å². The number of carbonyl (C=O) groups excluding carboxylic acids is 1. The van der Waals surface area contributed by atoms with E-state index in [1.165, 1.54) is 4.90 Å². The summed E-state index contributed by atoms with van der Waals surface area (Å²) in [6.45, 7) is -0.326. The fraction of sp³-hybridized carbons (Fsp3) is 0.429. The van der Waals surface area contributed by atoms with Crippen molar-refractivity contribution in [3.05, 3.63) is 30.3 Å². The summed E-state index contributed by atoms with van der Waals surface area (Å²) in [6, 6.07) is 8.85. The number of hydrogen-bond donors (Lipinski definition) is 1. The maximum Gasteiger partial charge on any atom is 0.325 e. The number of carbonyl (C=O) groups is 2. The summed E-state index contributed by atoms with van der Waals surface area (Å²) in [4.78, 5) is 26.5. The second kappa shape index (κ2) is 6.65. The third-order valence-electron chi connectivity index (χ3n) is 3.35. The molecule has 0 bridgehead atoms. The first-order valence-electron chi connectivity index (χ1n) is 6.48. The van der Waals surface area contributed by atoms with Crippen LogP contribution in [0.15, 0.2) is 30.3 Å². The summed E-state index contributed by atoms with van der Waals surface area (Å²) < 4.78 is 0. The van der Waals surface area contributed by atoms with Gasteiger partial charge in [0.15, 0.2) is 0 Å². The minimum atomic E-state index is -1.02. The number of carboxylic acid groups (broad SMARTS) is 1. The summed E-state index contributed by atoms with van der Waals surface area (Å²) >= 11 is 1.82. The average molecular weight is 294 g/mol. The molecule has 0 aliphatic carbocycles. The minimum absolute atomic E-state index is 0.188. The van der Waals surface area contributed by atoms with Gasteiger partial charge in [0.1, 0.15) is 6.54 Å². The van der Waals surface area contributed by atoms with Crippen molar-refractivity contribution in [1.82, 2.24) is 4.90 Å². The number of para-hydroxylation sites is 1. The van der Waals surface area contributed by atoms with Gasteiger partial charge in [-0.05, 0) is 24.3 Å². The first-order chi connectivity index (χ1) is 9.59. The van der Waals surface area contributed by atoms with Crippen LogP contribution in [-0.4, -0.2) is 53.1 Å². The SMILES string of the molecule is CN(C(=O)N(CC(=O)O)c1ccccc1)C1CCSC1. The van der Waals surface area contributed by atoms with E-state index in [-0.39, 0.29) is 18.6 Å². The van der Waals surface area contributed by atoms with Crippen LogP contribution in [0, 0.1) is 0 Å². The highest BCUT2D eigenvalue weighted by Gasteiger charge is 2.28.